The quantitative estimate of drug-likeness (QED) is 0.0286. The van der Waals surface area contributed by atoms with E-state index in [9.17, 15) is 24.0 Å². The average Bonchev–Trinajstić information content (AvgIpc) is 3.20. The Morgan fingerprint density at radius 2 is 1.07 bits per heavy atom. The maximum absolute atomic E-state index is 13.0. The Labute approximate surface area is 319 Å². The highest BCUT2D eigenvalue weighted by molar-refractivity contribution is 5.94. The van der Waals surface area contributed by atoms with Crippen LogP contribution < -0.4 is 18.9 Å². The summed E-state index contributed by atoms with van der Waals surface area (Å²) in [6, 6.07) is 24.5. The van der Waals surface area contributed by atoms with Crippen molar-refractivity contribution in [3.8, 4) is 34.1 Å². The maximum Gasteiger partial charge on any atom is 0.343 e. The van der Waals surface area contributed by atoms with Gasteiger partial charge in [-0.1, -0.05) is 37.4 Å². The van der Waals surface area contributed by atoms with Crippen LogP contribution in [0.25, 0.3) is 11.1 Å². The van der Waals surface area contributed by atoms with E-state index in [1.54, 1.807) is 79.7 Å². The zero-order chi connectivity index (χ0) is 39.6. The second-order valence-corrected chi connectivity index (χ2v) is 12.0. The van der Waals surface area contributed by atoms with Crippen LogP contribution in [0.2, 0.25) is 0 Å². The molecule has 55 heavy (non-hydrogen) atoms. The second-order valence-electron chi connectivity index (χ2n) is 12.0. The molecule has 0 bridgehead atoms. The summed E-state index contributed by atoms with van der Waals surface area (Å²) >= 11 is 0. The van der Waals surface area contributed by atoms with E-state index in [-0.39, 0.29) is 42.4 Å². The van der Waals surface area contributed by atoms with Crippen LogP contribution in [0.15, 0.2) is 116 Å². The molecule has 4 rings (SSSR count). The van der Waals surface area contributed by atoms with Crippen molar-refractivity contribution in [1.82, 2.24) is 0 Å². The maximum atomic E-state index is 13.0. The Bertz CT molecular complexity index is 1960. The highest BCUT2D eigenvalue weighted by Gasteiger charge is 2.17. The minimum Gasteiger partial charge on any atom is -0.494 e. The third-order valence-electron chi connectivity index (χ3n) is 7.78. The number of hydrogen-bond donors (Lipinski definition) is 0. The van der Waals surface area contributed by atoms with Gasteiger partial charge >= 0.3 is 29.8 Å². The summed E-state index contributed by atoms with van der Waals surface area (Å²) in [7, 11) is 1.39. The summed E-state index contributed by atoms with van der Waals surface area (Å²) in [5, 5.41) is 0. The van der Waals surface area contributed by atoms with Crippen LogP contribution in [-0.4, -0.2) is 63.4 Å². The van der Waals surface area contributed by atoms with Crippen molar-refractivity contribution in [2.75, 3.05) is 33.5 Å². The zero-order valence-corrected chi connectivity index (χ0v) is 30.7. The summed E-state index contributed by atoms with van der Waals surface area (Å²) in [4.78, 5) is 60.7. The summed E-state index contributed by atoms with van der Waals surface area (Å²) in [6.07, 6.45) is 3.51. The van der Waals surface area contributed by atoms with Gasteiger partial charge in [-0.25, -0.2) is 24.0 Å². The first kappa shape index (κ1) is 41.1. The van der Waals surface area contributed by atoms with E-state index < -0.39 is 29.8 Å². The van der Waals surface area contributed by atoms with Crippen LogP contribution in [-0.2, 0) is 23.8 Å². The van der Waals surface area contributed by atoms with Crippen molar-refractivity contribution in [3.63, 3.8) is 0 Å². The summed E-state index contributed by atoms with van der Waals surface area (Å²) in [5.74, 6) is -1.50. The second kappa shape index (κ2) is 21.1. The van der Waals surface area contributed by atoms with Gasteiger partial charge in [0.1, 0.15) is 11.5 Å². The Morgan fingerprint density at radius 1 is 0.564 bits per heavy atom. The molecule has 0 amide bonds. The highest BCUT2D eigenvalue weighted by Crippen LogP contribution is 2.30. The smallest absolute Gasteiger partial charge is 0.343 e. The molecule has 0 unspecified atom stereocenters. The van der Waals surface area contributed by atoms with Gasteiger partial charge in [-0.15, -0.1) is 0 Å². The number of rotatable bonds is 20. The van der Waals surface area contributed by atoms with Crippen LogP contribution in [0.1, 0.15) is 63.7 Å². The van der Waals surface area contributed by atoms with E-state index >= 15 is 0 Å². The van der Waals surface area contributed by atoms with Gasteiger partial charge in [0.05, 0.1) is 50.2 Å². The van der Waals surface area contributed by atoms with Crippen molar-refractivity contribution in [1.29, 1.82) is 0 Å². The van der Waals surface area contributed by atoms with Crippen LogP contribution in [0.3, 0.4) is 0 Å². The van der Waals surface area contributed by atoms with Crippen molar-refractivity contribution in [3.05, 3.63) is 132 Å². The first-order valence-electron chi connectivity index (χ1n) is 17.4. The molecule has 0 spiro atoms. The van der Waals surface area contributed by atoms with Crippen molar-refractivity contribution < 1.29 is 57.1 Å². The van der Waals surface area contributed by atoms with Crippen LogP contribution in [0.5, 0.6) is 23.0 Å². The molecule has 0 aliphatic carbocycles. The molecule has 12 nitrogen and oxygen atoms in total. The minimum absolute atomic E-state index is 0.115. The molecule has 0 aliphatic heterocycles. The van der Waals surface area contributed by atoms with E-state index in [1.807, 2.05) is 0 Å². The number of esters is 5. The lowest BCUT2D eigenvalue weighted by molar-refractivity contribution is -0.139. The van der Waals surface area contributed by atoms with E-state index in [2.05, 4.69) is 13.2 Å². The number of carbonyl (C=O) groups excluding carboxylic acids is 5. The van der Waals surface area contributed by atoms with Crippen LogP contribution in [0, 0.1) is 0 Å². The molecule has 0 aliphatic rings. The lowest BCUT2D eigenvalue weighted by Crippen LogP contribution is -2.11. The predicted molar refractivity (Wildman–Crippen MR) is 202 cm³/mol. The number of carbonyl (C=O) groups is 5. The molecule has 0 fully saturated rings. The molecular weight excluding hydrogens is 708 g/mol. The SMILES string of the molecule is C=CC(=O)OCCCCOC(=O)c1ccc(-c2ccc(OC(=O)c3ccc(OC(=O)c4ccc(OCCCCOC(=O)C(=C)C)cc4)c(OC)c3)cc2)cc1. The van der Waals surface area contributed by atoms with Crippen LogP contribution >= 0.6 is 0 Å². The fourth-order valence-electron chi connectivity index (χ4n) is 4.77. The molecule has 4 aromatic carbocycles. The van der Waals surface area contributed by atoms with Gasteiger partial charge in [0.25, 0.3) is 0 Å². The standard InChI is InChI=1S/C43H42O12/c1-5-39(44)51-25-7-9-27-53-41(46)32-12-10-30(11-13-32)31-14-21-36(22-15-31)54-43(48)34-18-23-37(38(28-34)49-4)55-42(47)33-16-19-35(20-17-33)50-24-6-8-26-52-40(45)29(2)3/h5,10-23,28H,1-2,6-9,24-27H2,3-4H3. The Balaban J connectivity index is 1.23. The predicted octanol–water partition coefficient (Wildman–Crippen LogP) is 7.75. The monoisotopic (exact) mass is 750 g/mol. The Hall–Kier alpha value is -6.69. The van der Waals surface area contributed by atoms with Gasteiger partial charge in [0, 0.05) is 11.6 Å². The molecule has 12 heteroatoms. The van der Waals surface area contributed by atoms with Crippen molar-refractivity contribution >= 4 is 29.8 Å². The van der Waals surface area contributed by atoms with Crippen molar-refractivity contribution in [2.45, 2.75) is 32.6 Å². The van der Waals surface area contributed by atoms with Crippen LogP contribution in [0.4, 0.5) is 0 Å². The molecule has 0 atom stereocenters. The van der Waals surface area contributed by atoms with Gasteiger partial charge in [-0.3, -0.25) is 0 Å². The normalized spacial score (nSPS) is 10.4. The number of methoxy groups -OCH3 is 1. The first-order chi connectivity index (χ1) is 26.6. The van der Waals surface area contributed by atoms with E-state index in [0.29, 0.717) is 54.9 Å². The van der Waals surface area contributed by atoms with E-state index in [1.165, 1.54) is 25.3 Å². The van der Waals surface area contributed by atoms with E-state index in [4.69, 9.17) is 33.2 Å². The lowest BCUT2D eigenvalue weighted by Gasteiger charge is -2.12. The zero-order valence-electron chi connectivity index (χ0n) is 30.7. The Kier molecular flexibility index (Phi) is 15.8. The van der Waals surface area contributed by atoms with Gasteiger partial charge in [0.2, 0.25) is 0 Å². The van der Waals surface area contributed by atoms with Gasteiger partial charge in [-0.05, 0) is 110 Å². The average molecular weight is 751 g/mol. The number of benzene rings is 4. The highest BCUT2D eigenvalue weighted by atomic mass is 16.6. The lowest BCUT2D eigenvalue weighted by atomic mass is 10.0. The molecular formula is C43H42O12. The molecule has 0 aromatic heterocycles. The van der Waals surface area contributed by atoms with Gasteiger partial charge < -0.3 is 33.2 Å². The Morgan fingerprint density at radius 3 is 1.69 bits per heavy atom. The molecule has 0 radical (unpaired) electrons. The number of ether oxygens (including phenoxy) is 7. The molecule has 0 heterocycles. The topological polar surface area (TPSA) is 150 Å². The third-order valence-corrected chi connectivity index (χ3v) is 7.78. The molecule has 0 saturated heterocycles. The minimum atomic E-state index is -0.645. The molecule has 0 N–H and O–H groups in total. The van der Waals surface area contributed by atoms with E-state index in [0.717, 1.165) is 17.2 Å². The van der Waals surface area contributed by atoms with Gasteiger partial charge in [0.15, 0.2) is 11.5 Å². The summed E-state index contributed by atoms with van der Waals surface area (Å²) in [6.45, 7) is 9.58. The summed E-state index contributed by atoms with van der Waals surface area (Å²) in [5.41, 5.74) is 2.88. The number of unbranched alkanes of at least 4 members (excludes halogenated alkanes) is 2. The first-order valence-corrected chi connectivity index (χ1v) is 17.4. The summed E-state index contributed by atoms with van der Waals surface area (Å²) < 4.78 is 37.4. The third kappa shape index (κ3) is 13.0. The molecule has 4 aromatic rings. The van der Waals surface area contributed by atoms with Gasteiger partial charge in [-0.2, -0.15) is 0 Å². The largest absolute Gasteiger partial charge is 0.494 e. The number of hydrogen-bond acceptors (Lipinski definition) is 12. The fourth-order valence-corrected chi connectivity index (χ4v) is 4.77. The fraction of sp³-hybridized carbons (Fsp3) is 0.233. The molecule has 286 valence electrons. The molecule has 0 saturated carbocycles. The van der Waals surface area contributed by atoms with Crippen molar-refractivity contribution in [2.24, 2.45) is 0 Å².